The number of hydrogen-bond acceptors (Lipinski definition) is 5. The minimum Gasteiger partial charge on any atom is -0.454 e. The Kier molecular flexibility index (Phi) is 1.61. The van der Waals surface area contributed by atoms with Crippen molar-refractivity contribution < 1.29 is 23.9 Å². The first-order valence-electron chi connectivity index (χ1n) is 6.93. The molecular formula is C10H16BNO4. The standard InChI is InChI=1S/C10H16BNO4/c1-9(2)10(3,4)16-11(15-9)7-6-12-8(13-5)14-7/h6H,1-5H3/i5D3,6D. The van der Waals surface area contributed by atoms with Crippen LogP contribution in [0, 0.1) is 0 Å². The van der Waals surface area contributed by atoms with Gasteiger partial charge in [-0.25, -0.2) is 0 Å². The zero-order valence-electron chi connectivity index (χ0n) is 13.7. The molecule has 1 fully saturated rings. The summed E-state index contributed by atoms with van der Waals surface area (Å²) in [7, 11) is -3.61. The van der Waals surface area contributed by atoms with Gasteiger partial charge in [-0.1, -0.05) is 0 Å². The zero-order chi connectivity index (χ0) is 15.3. The lowest BCUT2D eigenvalue weighted by Gasteiger charge is -2.32. The van der Waals surface area contributed by atoms with Crippen molar-refractivity contribution in [2.75, 3.05) is 7.04 Å². The van der Waals surface area contributed by atoms with Gasteiger partial charge in [-0.2, -0.15) is 4.98 Å². The molecule has 1 saturated heterocycles. The second kappa shape index (κ2) is 3.50. The van der Waals surface area contributed by atoms with Crippen LogP contribution < -0.4 is 10.4 Å². The zero-order valence-corrected chi connectivity index (χ0v) is 9.66. The lowest BCUT2D eigenvalue weighted by atomic mass is 9.87. The van der Waals surface area contributed by atoms with Crippen molar-refractivity contribution in [2.24, 2.45) is 0 Å². The SMILES string of the molecule is [2H]c1nc(OC([2H])([2H])[2H])oc1B1OC(C)(C)C(C)(C)O1. The van der Waals surface area contributed by atoms with E-state index in [2.05, 4.69) is 9.72 Å². The van der Waals surface area contributed by atoms with Crippen molar-refractivity contribution in [3.63, 3.8) is 0 Å². The Hall–Kier alpha value is -1.01. The van der Waals surface area contributed by atoms with E-state index in [9.17, 15) is 0 Å². The van der Waals surface area contributed by atoms with Gasteiger partial charge in [0.15, 0.2) is 5.66 Å². The molecule has 0 aliphatic carbocycles. The Bertz CT molecular complexity index is 498. The maximum Gasteiger partial charge on any atom is 0.534 e. The van der Waals surface area contributed by atoms with Crippen molar-refractivity contribution in [1.82, 2.24) is 4.98 Å². The van der Waals surface area contributed by atoms with E-state index < -0.39 is 31.4 Å². The average Bonchev–Trinajstić information content (AvgIpc) is 2.63. The van der Waals surface area contributed by atoms with Gasteiger partial charge in [-0.15, -0.1) is 0 Å². The number of ether oxygens (including phenoxy) is 1. The summed E-state index contributed by atoms with van der Waals surface area (Å²) in [5.41, 5.74) is -1.20. The highest BCUT2D eigenvalue weighted by atomic mass is 16.7. The predicted molar refractivity (Wildman–Crippen MR) is 58.8 cm³/mol. The highest BCUT2D eigenvalue weighted by molar-refractivity contribution is 6.60. The maximum absolute atomic E-state index is 7.69. The van der Waals surface area contributed by atoms with Crippen molar-refractivity contribution in [2.45, 2.75) is 38.9 Å². The summed E-state index contributed by atoms with van der Waals surface area (Å²) in [6, 6.07) is 0. The van der Waals surface area contributed by atoms with E-state index in [0.29, 0.717) is 0 Å². The third kappa shape index (κ3) is 1.72. The second-order valence-corrected chi connectivity index (χ2v) is 4.65. The van der Waals surface area contributed by atoms with Gasteiger partial charge in [-0.3, -0.25) is 0 Å². The van der Waals surface area contributed by atoms with Crippen molar-refractivity contribution >= 4 is 12.8 Å². The number of oxazole rings is 1. The summed E-state index contributed by atoms with van der Waals surface area (Å²) in [6.07, 6.45) is -0.775. The molecule has 0 N–H and O–H groups in total. The van der Waals surface area contributed by atoms with Crippen LogP contribution in [0.3, 0.4) is 0 Å². The summed E-state index contributed by atoms with van der Waals surface area (Å²) < 4.78 is 49.7. The van der Waals surface area contributed by atoms with Gasteiger partial charge in [0.1, 0.15) is 0 Å². The number of hydrogen-bond donors (Lipinski definition) is 0. The largest absolute Gasteiger partial charge is 0.534 e. The summed E-state index contributed by atoms with van der Waals surface area (Å²) >= 11 is 0. The molecule has 0 radical (unpaired) electrons. The fourth-order valence-corrected chi connectivity index (χ4v) is 1.34. The minimum absolute atomic E-state index is 0.0112. The molecule has 2 heterocycles. The Morgan fingerprint density at radius 3 is 2.56 bits per heavy atom. The van der Waals surface area contributed by atoms with Crippen LogP contribution in [0.2, 0.25) is 0 Å². The maximum atomic E-state index is 7.69. The van der Waals surface area contributed by atoms with E-state index >= 15 is 0 Å². The molecule has 0 aromatic carbocycles. The van der Waals surface area contributed by atoms with Gasteiger partial charge in [0.05, 0.1) is 29.9 Å². The van der Waals surface area contributed by atoms with E-state index in [1.54, 1.807) is 0 Å². The lowest BCUT2D eigenvalue weighted by molar-refractivity contribution is 0.00578. The van der Waals surface area contributed by atoms with Crippen LogP contribution in [0.1, 0.15) is 33.2 Å². The number of aromatic nitrogens is 1. The molecule has 0 unspecified atom stereocenters. The van der Waals surface area contributed by atoms with Crippen LogP contribution in [-0.4, -0.2) is 30.3 Å². The molecule has 1 aliphatic rings. The van der Waals surface area contributed by atoms with Crippen LogP contribution in [0.15, 0.2) is 10.6 Å². The van der Waals surface area contributed by atoms with E-state index in [1.165, 1.54) is 0 Å². The third-order valence-electron chi connectivity index (χ3n) is 3.01. The quantitative estimate of drug-likeness (QED) is 0.707. The molecule has 1 aliphatic heterocycles. The Morgan fingerprint density at radius 1 is 1.38 bits per heavy atom. The second-order valence-electron chi connectivity index (χ2n) is 4.65. The van der Waals surface area contributed by atoms with Crippen molar-refractivity contribution in [3.8, 4) is 6.08 Å². The first-order valence-corrected chi connectivity index (χ1v) is 4.93. The Morgan fingerprint density at radius 2 is 2.00 bits per heavy atom. The summed E-state index contributed by atoms with van der Waals surface area (Å²) in [5, 5.41) is 0. The van der Waals surface area contributed by atoms with Gasteiger partial charge in [0.25, 0.3) is 0 Å². The van der Waals surface area contributed by atoms with E-state index in [-0.39, 0.29) is 11.8 Å². The summed E-state index contributed by atoms with van der Waals surface area (Å²) in [5.74, 6) is 0. The molecule has 0 atom stereocenters. The van der Waals surface area contributed by atoms with Gasteiger partial charge >= 0.3 is 13.2 Å². The smallest absolute Gasteiger partial charge is 0.454 e. The number of rotatable bonds is 2. The molecule has 16 heavy (non-hydrogen) atoms. The average molecular weight is 229 g/mol. The molecule has 0 spiro atoms. The molecule has 6 heteroatoms. The molecule has 0 saturated carbocycles. The van der Waals surface area contributed by atoms with E-state index in [0.717, 1.165) is 0 Å². The van der Waals surface area contributed by atoms with E-state index in [1.807, 2.05) is 27.7 Å². The van der Waals surface area contributed by atoms with Crippen molar-refractivity contribution in [1.29, 1.82) is 0 Å². The Labute approximate surface area is 101 Å². The number of methoxy groups -OCH3 is 1. The molecule has 0 bridgehead atoms. The first kappa shape index (κ1) is 7.35. The fourth-order valence-electron chi connectivity index (χ4n) is 1.34. The molecule has 1 aromatic rings. The molecule has 5 nitrogen and oxygen atoms in total. The molecule has 2 rings (SSSR count). The molecule has 0 amide bonds. The van der Waals surface area contributed by atoms with Crippen LogP contribution in [0.5, 0.6) is 6.08 Å². The molecule has 1 aromatic heterocycles. The summed E-state index contributed by atoms with van der Waals surface area (Å²) in [4.78, 5) is 3.59. The topological polar surface area (TPSA) is 53.7 Å². The summed E-state index contributed by atoms with van der Waals surface area (Å²) in [6.45, 7) is 7.42. The van der Waals surface area contributed by atoms with Gasteiger partial charge in [0, 0.05) is 0 Å². The highest BCUT2D eigenvalue weighted by Crippen LogP contribution is 2.36. The van der Waals surface area contributed by atoms with Crippen LogP contribution >= 0.6 is 0 Å². The normalized spacial score (nSPS) is 26.9. The van der Waals surface area contributed by atoms with Gasteiger partial charge < -0.3 is 18.5 Å². The number of nitrogens with zero attached hydrogens (tertiary/aromatic N) is 1. The van der Waals surface area contributed by atoms with Gasteiger partial charge in [0.2, 0.25) is 0 Å². The predicted octanol–water partition coefficient (Wildman–Crippen LogP) is 0.982. The Balaban J connectivity index is 2.23. The van der Waals surface area contributed by atoms with Crippen LogP contribution in [0.4, 0.5) is 0 Å². The first-order chi connectivity index (χ1) is 8.91. The van der Waals surface area contributed by atoms with Crippen LogP contribution in [0.25, 0.3) is 0 Å². The van der Waals surface area contributed by atoms with Gasteiger partial charge in [-0.05, 0) is 27.7 Å². The lowest BCUT2D eigenvalue weighted by Crippen LogP contribution is -2.41. The van der Waals surface area contributed by atoms with E-state index in [4.69, 9.17) is 19.2 Å². The van der Waals surface area contributed by atoms with Crippen molar-refractivity contribution in [3.05, 3.63) is 6.17 Å². The molecule has 88 valence electrons. The minimum atomic E-state index is -2.69. The third-order valence-corrected chi connectivity index (χ3v) is 3.01. The fraction of sp³-hybridized carbons (Fsp3) is 0.700. The molecular weight excluding hydrogens is 209 g/mol. The highest BCUT2D eigenvalue weighted by Gasteiger charge is 2.53. The monoisotopic (exact) mass is 229 g/mol. The van der Waals surface area contributed by atoms with Crippen LogP contribution in [-0.2, 0) is 9.31 Å².